The molecule has 0 radical (unpaired) electrons. The van der Waals surface area contributed by atoms with Gasteiger partial charge in [-0.15, -0.1) is 0 Å². The van der Waals surface area contributed by atoms with Crippen LogP contribution in [0.5, 0.6) is 11.6 Å². The number of hydrogen-bond acceptors (Lipinski definition) is 5. The highest BCUT2D eigenvalue weighted by molar-refractivity contribution is 9.10. The molecule has 0 saturated heterocycles. The first kappa shape index (κ1) is 15.2. The number of nitro benzene ring substituents is 1. The van der Waals surface area contributed by atoms with Gasteiger partial charge in [-0.1, -0.05) is 22.0 Å². The minimum absolute atomic E-state index is 0.0995. The Balaban J connectivity index is 2.39. The quantitative estimate of drug-likeness (QED) is 0.642. The molecule has 0 aliphatic heterocycles. The smallest absolute Gasteiger partial charge is 0.313 e. The third-order valence-electron chi connectivity index (χ3n) is 2.70. The highest BCUT2D eigenvalue weighted by Crippen LogP contribution is 2.36. The van der Waals surface area contributed by atoms with E-state index in [-0.39, 0.29) is 11.4 Å². The van der Waals surface area contributed by atoms with Crippen molar-refractivity contribution in [3.05, 3.63) is 50.5 Å². The van der Waals surface area contributed by atoms with Crippen LogP contribution in [0.15, 0.2) is 34.8 Å². The molecule has 0 aliphatic rings. The van der Waals surface area contributed by atoms with Crippen molar-refractivity contribution in [3.63, 3.8) is 0 Å². The number of pyridine rings is 1. The van der Waals surface area contributed by atoms with E-state index in [2.05, 4.69) is 26.2 Å². The van der Waals surface area contributed by atoms with Crippen LogP contribution < -0.4 is 10.1 Å². The zero-order valence-electron chi connectivity index (χ0n) is 11.6. The van der Waals surface area contributed by atoms with Gasteiger partial charge in [-0.3, -0.25) is 10.1 Å². The number of benzene rings is 1. The summed E-state index contributed by atoms with van der Waals surface area (Å²) in [5.41, 5.74) is 0.559. The third kappa shape index (κ3) is 3.69. The second kappa shape index (κ2) is 6.53. The number of hydrogen-bond donors (Lipinski definition) is 1. The summed E-state index contributed by atoms with van der Waals surface area (Å²) in [4.78, 5) is 14.9. The number of nitrogens with one attached hydrogen (secondary N) is 1. The van der Waals surface area contributed by atoms with Gasteiger partial charge in [0.25, 0.3) is 0 Å². The molecule has 7 heteroatoms. The Morgan fingerprint density at radius 1 is 1.43 bits per heavy atom. The van der Waals surface area contributed by atoms with E-state index in [1.807, 2.05) is 6.92 Å². The summed E-state index contributed by atoms with van der Waals surface area (Å²) in [6, 6.07) is 8.42. The van der Waals surface area contributed by atoms with Gasteiger partial charge in [-0.05, 0) is 26.0 Å². The predicted octanol–water partition coefficient (Wildman–Crippen LogP) is 4.28. The lowest BCUT2D eigenvalue weighted by Gasteiger charge is -2.10. The van der Waals surface area contributed by atoms with E-state index in [1.54, 1.807) is 31.2 Å². The Kier molecular flexibility index (Phi) is 4.74. The number of nitrogens with zero attached hydrogens (tertiary/aromatic N) is 2. The Morgan fingerprint density at radius 2 is 2.19 bits per heavy atom. The van der Waals surface area contributed by atoms with Crippen molar-refractivity contribution < 1.29 is 9.66 Å². The standard InChI is InChI=1S/C14H14BrN3O3/c1-3-16-12-5-4-6-13(17-12)21-14-9(2)7-10(15)8-11(14)18(19)20/h4-8H,3H2,1-2H3,(H,16,17). The maximum Gasteiger partial charge on any atom is 0.313 e. The van der Waals surface area contributed by atoms with E-state index in [9.17, 15) is 10.1 Å². The van der Waals surface area contributed by atoms with Crippen molar-refractivity contribution in [2.24, 2.45) is 0 Å². The van der Waals surface area contributed by atoms with Crippen LogP contribution in [0.1, 0.15) is 12.5 Å². The van der Waals surface area contributed by atoms with Gasteiger partial charge in [0, 0.05) is 28.7 Å². The number of anilines is 1. The highest BCUT2D eigenvalue weighted by Gasteiger charge is 2.20. The summed E-state index contributed by atoms with van der Waals surface area (Å²) in [5.74, 6) is 1.17. The van der Waals surface area contributed by atoms with E-state index in [0.29, 0.717) is 21.7 Å². The maximum atomic E-state index is 11.2. The van der Waals surface area contributed by atoms with E-state index in [1.165, 1.54) is 6.07 Å². The fourth-order valence-corrected chi connectivity index (χ4v) is 2.40. The van der Waals surface area contributed by atoms with Gasteiger partial charge in [0.05, 0.1) is 4.92 Å². The summed E-state index contributed by atoms with van der Waals surface area (Å²) < 4.78 is 6.26. The van der Waals surface area contributed by atoms with Gasteiger partial charge >= 0.3 is 5.69 Å². The van der Waals surface area contributed by atoms with Crippen LogP contribution in [0.4, 0.5) is 11.5 Å². The molecule has 0 fully saturated rings. The highest BCUT2D eigenvalue weighted by atomic mass is 79.9. The number of aromatic nitrogens is 1. The lowest BCUT2D eigenvalue weighted by Crippen LogP contribution is -2.01. The van der Waals surface area contributed by atoms with Gasteiger partial charge in [-0.25, -0.2) is 0 Å². The SMILES string of the molecule is CCNc1cccc(Oc2c(C)cc(Br)cc2[N+](=O)[O-])n1. The lowest BCUT2D eigenvalue weighted by molar-refractivity contribution is -0.385. The normalized spacial score (nSPS) is 10.2. The summed E-state index contributed by atoms with van der Waals surface area (Å²) in [6.45, 7) is 4.44. The van der Waals surface area contributed by atoms with Crippen LogP contribution in [0.2, 0.25) is 0 Å². The molecule has 0 unspecified atom stereocenters. The van der Waals surface area contributed by atoms with E-state index >= 15 is 0 Å². The first-order chi connectivity index (χ1) is 10.0. The molecule has 1 aromatic heterocycles. The molecular weight excluding hydrogens is 338 g/mol. The molecule has 110 valence electrons. The molecule has 0 atom stereocenters. The van der Waals surface area contributed by atoms with Gasteiger partial charge < -0.3 is 10.1 Å². The Morgan fingerprint density at radius 3 is 2.86 bits per heavy atom. The Labute approximate surface area is 130 Å². The van der Waals surface area contributed by atoms with Crippen LogP contribution in [-0.2, 0) is 0 Å². The average molecular weight is 352 g/mol. The Hall–Kier alpha value is -2.15. The average Bonchev–Trinajstić information content (AvgIpc) is 2.42. The predicted molar refractivity (Wildman–Crippen MR) is 84.0 cm³/mol. The number of ether oxygens (including phenoxy) is 1. The molecule has 6 nitrogen and oxygen atoms in total. The number of aryl methyl sites for hydroxylation is 1. The summed E-state index contributed by atoms with van der Waals surface area (Å²) in [6.07, 6.45) is 0. The molecule has 0 bridgehead atoms. The molecular formula is C14H14BrN3O3. The second-order valence-corrected chi connectivity index (χ2v) is 5.24. The van der Waals surface area contributed by atoms with Crippen molar-refractivity contribution in [1.82, 2.24) is 4.98 Å². The van der Waals surface area contributed by atoms with Crippen molar-refractivity contribution in [2.75, 3.05) is 11.9 Å². The zero-order valence-corrected chi connectivity index (χ0v) is 13.2. The summed E-state index contributed by atoms with van der Waals surface area (Å²) in [5, 5.41) is 14.2. The molecule has 0 amide bonds. The van der Waals surface area contributed by atoms with Gasteiger partial charge in [-0.2, -0.15) is 4.98 Å². The maximum absolute atomic E-state index is 11.2. The molecule has 0 saturated carbocycles. The number of nitro groups is 1. The summed E-state index contributed by atoms with van der Waals surface area (Å²) in [7, 11) is 0. The number of rotatable bonds is 5. The van der Waals surface area contributed by atoms with Crippen LogP contribution in [0.25, 0.3) is 0 Å². The van der Waals surface area contributed by atoms with Crippen molar-refractivity contribution in [2.45, 2.75) is 13.8 Å². The van der Waals surface area contributed by atoms with Gasteiger partial charge in [0.1, 0.15) is 5.82 Å². The molecule has 0 spiro atoms. The minimum atomic E-state index is -0.471. The molecule has 0 aliphatic carbocycles. The first-order valence-corrected chi connectivity index (χ1v) is 7.14. The lowest BCUT2D eigenvalue weighted by atomic mass is 10.2. The van der Waals surface area contributed by atoms with E-state index < -0.39 is 4.92 Å². The molecule has 1 heterocycles. The van der Waals surface area contributed by atoms with Crippen molar-refractivity contribution in [1.29, 1.82) is 0 Å². The summed E-state index contributed by atoms with van der Waals surface area (Å²) >= 11 is 3.25. The van der Waals surface area contributed by atoms with Crippen LogP contribution in [0, 0.1) is 17.0 Å². The van der Waals surface area contributed by atoms with E-state index in [0.717, 1.165) is 6.54 Å². The van der Waals surface area contributed by atoms with E-state index in [4.69, 9.17) is 4.74 Å². The fourth-order valence-electron chi connectivity index (χ4n) is 1.84. The van der Waals surface area contributed by atoms with Crippen LogP contribution in [0.3, 0.4) is 0 Å². The molecule has 1 N–H and O–H groups in total. The van der Waals surface area contributed by atoms with Crippen molar-refractivity contribution in [3.8, 4) is 11.6 Å². The second-order valence-electron chi connectivity index (χ2n) is 4.32. The van der Waals surface area contributed by atoms with Gasteiger partial charge in [0.2, 0.25) is 11.6 Å². The fraction of sp³-hybridized carbons (Fsp3) is 0.214. The van der Waals surface area contributed by atoms with Crippen molar-refractivity contribution >= 4 is 27.4 Å². The monoisotopic (exact) mass is 351 g/mol. The Bertz CT molecular complexity index is 677. The third-order valence-corrected chi connectivity index (χ3v) is 3.16. The van der Waals surface area contributed by atoms with Crippen LogP contribution in [-0.4, -0.2) is 16.5 Å². The first-order valence-electron chi connectivity index (χ1n) is 6.34. The van der Waals surface area contributed by atoms with Crippen LogP contribution >= 0.6 is 15.9 Å². The topological polar surface area (TPSA) is 77.3 Å². The molecule has 2 rings (SSSR count). The molecule has 1 aromatic carbocycles. The van der Waals surface area contributed by atoms with Gasteiger partial charge in [0.15, 0.2) is 0 Å². The molecule has 21 heavy (non-hydrogen) atoms. The zero-order chi connectivity index (χ0) is 15.4. The minimum Gasteiger partial charge on any atom is -0.431 e. The molecule has 2 aromatic rings. The largest absolute Gasteiger partial charge is 0.431 e. The number of halogens is 1.